The van der Waals surface area contributed by atoms with Gasteiger partial charge in [-0.05, 0) is 53.5 Å². The summed E-state index contributed by atoms with van der Waals surface area (Å²) >= 11 is 2.15. The van der Waals surface area contributed by atoms with Crippen LogP contribution in [0.2, 0.25) is 0 Å². The summed E-state index contributed by atoms with van der Waals surface area (Å²) in [5, 5.41) is 12.2. The fourth-order valence-corrected chi connectivity index (χ4v) is 3.33. The SMILES string of the molecule is O=C(NO)c1cnc(NC2(c3ccccc3)CCC2)c(I)c1. The summed E-state index contributed by atoms with van der Waals surface area (Å²) in [7, 11) is 0. The van der Waals surface area contributed by atoms with E-state index in [1.165, 1.54) is 18.2 Å². The Morgan fingerprint density at radius 2 is 2.00 bits per heavy atom. The summed E-state index contributed by atoms with van der Waals surface area (Å²) in [5.74, 6) is 0.206. The molecule has 1 aromatic heterocycles. The third-order valence-electron chi connectivity index (χ3n) is 4.10. The number of carbonyl (C=O) groups excluding carboxylic acids is 1. The zero-order valence-electron chi connectivity index (χ0n) is 11.8. The molecular formula is C16H16IN3O2. The quantitative estimate of drug-likeness (QED) is 0.412. The highest BCUT2D eigenvalue weighted by Gasteiger charge is 2.39. The van der Waals surface area contributed by atoms with Crippen LogP contribution in [0.1, 0.15) is 35.2 Å². The minimum Gasteiger partial charge on any atom is -0.360 e. The Labute approximate surface area is 142 Å². The van der Waals surface area contributed by atoms with Crippen molar-refractivity contribution in [2.45, 2.75) is 24.8 Å². The summed E-state index contributed by atoms with van der Waals surface area (Å²) in [4.78, 5) is 15.8. The Morgan fingerprint density at radius 3 is 2.55 bits per heavy atom. The second-order valence-electron chi connectivity index (χ2n) is 5.42. The molecule has 0 radical (unpaired) electrons. The predicted octanol–water partition coefficient (Wildman–Crippen LogP) is 3.30. The van der Waals surface area contributed by atoms with E-state index in [0.717, 1.165) is 22.2 Å². The number of nitrogens with zero attached hydrogens (tertiary/aromatic N) is 1. The molecular weight excluding hydrogens is 393 g/mol. The van der Waals surface area contributed by atoms with Gasteiger partial charge < -0.3 is 5.32 Å². The Balaban J connectivity index is 1.87. The van der Waals surface area contributed by atoms with Crippen LogP contribution in [0.4, 0.5) is 5.82 Å². The number of pyridine rings is 1. The molecule has 0 atom stereocenters. The van der Waals surface area contributed by atoms with Gasteiger partial charge in [-0.3, -0.25) is 10.0 Å². The van der Waals surface area contributed by atoms with Gasteiger partial charge >= 0.3 is 0 Å². The van der Waals surface area contributed by atoms with Gasteiger partial charge in [0.25, 0.3) is 5.91 Å². The number of rotatable bonds is 4. The number of carbonyl (C=O) groups is 1. The normalized spacial score (nSPS) is 15.7. The number of hydrogen-bond acceptors (Lipinski definition) is 4. The van der Waals surface area contributed by atoms with Gasteiger partial charge in [-0.1, -0.05) is 30.3 Å². The molecule has 3 N–H and O–H groups in total. The molecule has 1 amide bonds. The molecule has 1 heterocycles. The number of aromatic nitrogens is 1. The Bertz CT molecular complexity index is 687. The van der Waals surface area contributed by atoms with Crippen LogP contribution in [0.15, 0.2) is 42.6 Å². The number of hydroxylamine groups is 1. The molecule has 2 aromatic rings. The lowest BCUT2D eigenvalue weighted by Gasteiger charge is -2.43. The van der Waals surface area contributed by atoms with Gasteiger partial charge in [0.2, 0.25) is 0 Å². The van der Waals surface area contributed by atoms with Crippen molar-refractivity contribution in [3.8, 4) is 0 Å². The van der Waals surface area contributed by atoms with Crippen molar-refractivity contribution in [1.29, 1.82) is 0 Å². The van der Waals surface area contributed by atoms with Crippen LogP contribution < -0.4 is 10.8 Å². The summed E-state index contributed by atoms with van der Waals surface area (Å²) in [6, 6.07) is 12.1. The number of halogens is 1. The van der Waals surface area contributed by atoms with E-state index >= 15 is 0 Å². The smallest absolute Gasteiger partial charge is 0.276 e. The van der Waals surface area contributed by atoms with Crippen molar-refractivity contribution in [1.82, 2.24) is 10.5 Å². The Morgan fingerprint density at radius 1 is 1.27 bits per heavy atom. The third kappa shape index (κ3) is 2.80. The Hall–Kier alpha value is -1.67. The van der Waals surface area contributed by atoms with E-state index in [9.17, 15) is 4.79 Å². The number of anilines is 1. The van der Waals surface area contributed by atoms with Gasteiger partial charge in [-0.25, -0.2) is 10.5 Å². The van der Waals surface area contributed by atoms with Gasteiger partial charge in [-0.2, -0.15) is 0 Å². The fraction of sp³-hybridized carbons (Fsp3) is 0.250. The van der Waals surface area contributed by atoms with Crippen LogP contribution in [0.25, 0.3) is 0 Å². The maximum absolute atomic E-state index is 11.4. The van der Waals surface area contributed by atoms with Crippen molar-refractivity contribution >= 4 is 34.3 Å². The van der Waals surface area contributed by atoms with Gasteiger partial charge in [0.05, 0.1) is 14.7 Å². The lowest BCUT2D eigenvalue weighted by Crippen LogP contribution is -2.42. The van der Waals surface area contributed by atoms with Crippen molar-refractivity contribution in [3.05, 3.63) is 57.3 Å². The van der Waals surface area contributed by atoms with E-state index < -0.39 is 5.91 Å². The molecule has 1 aliphatic carbocycles. The van der Waals surface area contributed by atoms with Crippen LogP contribution in [-0.4, -0.2) is 16.1 Å². The standard InChI is InChI=1S/C16H16IN3O2/c17-13-9-11(15(21)20-22)10-18-14(13)19-16(7-4-8-16)12-5-2-1-3-6-12/h1-3,5-6,9-10,22H,4,7-8H2,(H,18,19)(H,20,21). The maximum Gasteiger partial charge on any atom is 0.276 e. The van der Waals surface area contributed by atoms with Crippen molar-refractivity contribution in [3.63, 3.8) is 0 Å². The lowest BCUT2D eigenvalue weighted by atomic mass is 9.72. The summed E-state index contributed by atoms with van der Waals surface area (Å²) < 4.78 is 0.848. The maximum atomic E-state index is 11.4. The van der Waals surface area contributed by atoms with Crippen LogP contribution >= 0.6 is 22.6 Å². The molecule has 0 saturated heterocycles. The van der Waals surface area contributed by atoms with E-state index in [1.807, 2.05) is 18.2 Å². The monoisotopic (exact) mass is 409 g/mol. The van der Waals surface area contributed by atoms with Gasteiger partial charge in [0, 0.05) is 6.20 Å². The highest BCUT2D eigenvalue weighted by atomic mass is 127. The first kappa shape index (κ1) is 15.2. The highest BCUT2D eigenvalue weighted by Crippen LogP contribution is 2.44. The average Bonchev–Trinajstić information content (AvgIpc) is 2.52. The van der Waals surface area contributed by atoms with Crippen molar-refractivity contribution < 1.29 is 10.0 Å². The van der Waals surface area contributed by atoms with Gasteiger partial charge in [0.15, 0.2) is 0 Å². The molecule has 5 nitrogen and oxygen atoms in total. The van der Waals surface area contributed by atoms with Crippen LogP contribution in [0.5, 0.6) is 0 Å². The first-order valence-electron chi connectivity index (χ1n) is 7.08. The van der Waals surface area contributed by atoms with Gasteiger partial charge in [0.1, 0.15) is 5.82 Å². The molecule has 114 valence electrons. The highest BCUT2D eigenvalue weighted by molar-refractivity contribution is 14.1. The first-order chi connectivity index (χ1) is 10.6. The van der Waals surface area contributed by atoms with Crippen LogP contribution in [0.3, 0.4) is 0 Å². The first-order valence-corrected chi connectivity index (χ1v) is 8.16. The van der Waals surface area contributed by atoms with Crippen LogP contribution in [0, 0.1) is 3.57 Å². The molecule has 0 aliphatic heterocycles. The fourth-order valence-electron chi connectivity index (χ4n) is 2.72. The zero-order chi connectivity index (χ0) is 15.6. The molecule has 1 fully saturated rings. The molecule has 1 aromatic carbocycles. The molecule has 6 heteroatoms. The van der Waals surface area contributed by atoms with Crippen molar-refractivity contribution in [2.75, 3.05) is 5.32 Å². The summed E-state index contributed by atoms with van der Waals surface area (Å²) in [5.41, 5.74) is 3.14. The number of benzene rings is 1. The van der Waals surface area contributed by atoms with E-state index in [4.69, 9.17) is 5.21 Å². The molecule has 22 heavy (non-hydrogen) atoms. The molecule has 0 bridgehead atoms. The second kappa shape index (κ2) is 6.21. The number of hydrogen-bond donors (Lipinski definition) is 3. The van der Waals surface area contributed by atoms with Crippen LogP contribution in [-0.2, 0) is 5.54 Å². The number of amides is 1. The van der Waals surface area contributed by atoms with E-state index in [1.54, 1.807) is 11.5 Å². The zero-order valence-corrected chi connectivity index (χ0v) is 14.0. The average molecular weight is 409 g/mol. The lowest BCUT2D eigenvalue weighted by molar-refractivity contribution is 0.0706. The molecule has 3 rings (SSSR count). The summed E-state index contributed by atoms with van der Waals surface area (Å²) in [6.07, 6.45) is 4.78. The minimum atomic E-state index is -0.557. The van der Waals surface area contributed by atoms with Crippen molar-refractivity contribution in [2.24, 2.45) is 0 Å². The third-order valence-corrected chi connectivity index (χ3v) is 4.92. The Kier molecular flexibility index (Phi) is 4.30. The van der Waals surface area contributed by atoms with E-state index in [-0.39, 0.29) is 5.54 Å². The second-order valence-corrected chi connectivity index (χ2v) is 6.58. The molecule has 0 spiro atoms. The predicted molar refractivity (Wildman–Crippen MR) is 91.8 cm³/mol. The van der Waals surface area contributed by atoms with Gasteiger partial charge in [-0.15, -0.1) is 0 Å². The molecule has 1 saturated carbocycles. The topological polar surface area (TPSA) is 74.2 Å². The van der Waals surface area contributed by atoms with E-state index in [2.05, 4.69) is 45.0 Å². The number of nitrogens with one attached hydrogen (secondary N) is 2. The minimum absolute atomic E-state index is 0.0745. The summed E-state index contributed by atoms with van der Waals surface area (Å²) in [6.45, 7) is 0. The molecule has 0 unspecified atom stereocenters. The largest absolute Gasteiger partial charge is 0.360 e. The molecule has 1 aliphatic rings. The van der Waals surface area contributed by atoms with E-state index in [0.29, 0.717) is 5.56 Å².